The lowest BCUT2D eigenvalue weighted by Crippen LogP contribution is -2.30. The molecular weight excluding hydrogens is 310 g/mol. The molecule has 1 aromatic heterocycles. The SMILES string of the molecule is COc1cc2cc(-c3ccc4ccccc4c3)[n+](C)cc2cc1OC. The number of hydrogen-bond donors (Lipinski definition) is 0. The van der Waals surface area contributed by atoms with Gasteiger partial charge in [0, 0.05) is 17.0 Å². The zero-order chi connectivity index (χ0) is 17.4. The summed E-state index contributed by atoms with van der Waals surface area (Å²) in [6.45, 7) is 0. The van der Waals surface area contributed by atoms with Crippen LogP contribution in [0.3, 0.4) is 0 Å². The van der Waals surface area contributed by atoms with Gasteiger partial charge in [0.1, 0.15) is 7.05 Å². The number of pyridine rings is 1. The van der Waals surface area contributed by atoms with Crippen LogP contribution < -0.4 is 14.0 Å². The Hall–Kier alpha value is -3.07. The fraction of sp³-hybridized carbons (Fsp3) is 0.136. The normalized spacial score (nSPS) is 11.0. The van der Waals surface area contributed by atoms with E-state index in [1.165, 1.54) is 16.3 Å². The minimum absolute atomic E-state index is 0.744. The number of benzene rings is 3. The van der Waals surface area contributed by atoms with E-state index in [0.29, 0.717) is 0 Å². The van der Waals surface area contributed by atoms with E-state index in [9.17, 15) is 0 Å². The predicted molar refractivity (Wildman–Crippen MR) is 101 cm³/mol. The third-order valence-corrected chi connectivity index (χ3v) is 4.64. The zero-order valence-electron chi connectivity index (χ0n) is 14.6. The highest BCUT2D eigenvalue weighted by molar-refractivity contribution is 5.90. The number of fused-ring (bicyclic) bond motifs is 2. The van der Waals surface area contributed by atoms with Gasteiger partial charge in [0.25, 0.3) is 0 Å². The van der Waals surface area contributed by atoms with Gasteiger partial charge >= 0.3 is 0 Å². The van der Waals surface area contributed by atoms with Gasteiger partial charge < -0.3 is 9.47 Å². The molecule has 0 saturated heterocycles. The molecule has 0 spiro atoms. The molecule has 0 N–H and O–H groups in total. The van der Waals surface area contributed by atoms with E-state index in [4.69, 9.17) is 9.47 Å². The molecule has 3 aromatic carbocycles. The second-order valence-electron chi connectivity index (χ2n) is 6.17. The molecule has 0 aliphatic heterocycles. The Bertz CT molecular complexity index is 1090. The summed E-state index contributed by atoms with van der Waals surface area (Å²) in [5.41, 5.74) is 2.35. The summed E-state index contributed by atoms with van der Waals surface area (Å²) in [5.74, 6) is 1.49. The van der Waals surface area contributed by atoms with Gasteiger partial charge in [0.15, 0.2) is 17.7 Å². The molecule has 25 heavy (non-hydrogen) atoms. The number of ether oxygens (including phenoxy) is 2. The van der Waals surface area contributed by atoms with Crippen molar-refractivity contribution in [3.05, 3.63) is 66.9 Å². The molecule has 4 aromatic rings. The van der Waals surface area contributed by atoms with Crippen LogP contribution in [0.25, 0.3) is 32.8 Å². The van der Waals surface area contributed by atoms with Crippen LogP contribution in [0.1, 0.15) is 0 Å². The Balaban J connectivity index is 1.92. The third kappa shape index (κ3) is 2.68. The van der Waals surface area contributed by atoms with E-state index < -0.39 is 0 Å². The van der Waals surface area contributed by atoms with Crippen LogP contribution in [0, 0.1) is 0 Å². The first kappa shape index (κ1) is 15.5. The first-order valence-corrected chi connectivity index (χ1v) is 8.24. The Morgan fingerprint density at radius 3 is 2.08 bits per heavy atom. The van der Waals surface area contributed by atoms with Crippen LogP contribution in [0.2, 0.25) is 0 Å². The Kier molecular flexibility index (Phi) is 3.77. The first-order chi connectivity index (χ1) is 12.2. The number of aryl methyl sites for hydroxylation is 1. The maximum atomic E-state index is 5.45. The molecule has 3 heteroatoms. The molecule has 0 unspecified atom stereocenters. The molecule has 0 saturated carbocycles. The summed E-state index contributed by atoms with van der Waals surface area (Å²) in [4.78, 5) is 0. The van der Waals surface area contributed by atoms with Crippen molar-refractivity contribution in [2.45, 2.75) is 0 Å². The minimum atomic E-state index is 0.744. The highest BCUT2D eigenvalue weighted by Crippen LogP contribution is 2.33. The van der Waals surface area contributed by atoms with Crippen LogP contribution in [0.4, 0.5) is 0 Å². The van der Waals surface area contributed by atoms with Gasteiger partial charge in [-0.3, -0.25) is 0 Å². The molecule has 0 atom stereocenters. The molecular formula is C22H20NO2+. The minimum Gasteiger partial charge on any atom is -0.493 e. The lowest BCUT2D eigenvalue weighted by atomic mass is 10.0. The van der Waals surface area contributed by atoms with E-state index in [-0.39, 0.29) is 0 Å². The van der Waals surface area contributed by atoms with Gasteiger partial charge in [0.2, 0.25) is 5.69 Å². The van der Waals surface area contributed by atoms with Crippen molar-refractivity contribution < 1.29 is 14.0 Å². The van der Waals surface area contributed by atoms with Crippen molar-refractivity contribution in [3.8, 4) is 22.8 Å². The summed E-state index contributed by atoms with van der Waals surface area (Å²) in [6, 6.07) is 21.2. The topological polar surface area (TPSA) is 22.3 Å². The van der Waals surface area contributed by atoms with Gasteiger partial charge in [-0.25, -0.2) is 4.57 Å². The van der Waals surface area contributed by atoms with Crippen molar-refractivity contribution in [2.75, 3.05) is 14.2 Å². The fourth-order valence-electron chi connectivity index (χ4n) is 3.31. The summed E-state index contributed by atoms with van der Waals surface area (Å²) in [7, 11) is 5.39. The van der Waals surface area contributed by atoms with E-state index in [1.807, 2.05) is 12.1 Å². The van der Waals surface area contributed by atoms with Gasteiger partial charge in [-0.15, -0.1) is 0 Å². The summed E-state index contributed by atoms with van der Waals surface area (Å²) in [5, 5.41) is 4.73. The summed E-state index contributed by atoms with van der Waals surface area (Å²) >= 11 is 0. The van der Waals surface area contributed by atoms with Crippen molar-refractivity contribution >= 4 is 21.5 Å². The molecule has 0 aliphatic carbocycles. The number of nitrogens with zero attached hydrogens (tertiary/aromatic N) is 1. The van der Waals surface area contributed by atoms with Crippen LogP contribution in [0.15, 0.2) is 66.9 Å². The smallest absolute Gasteiger partial charge is 0.212 e. The number of rotatable bonds is 3. The van der Waals surface area contributed by atoms with E-state index in [1.54, 1.807) is 14.2 Å². The molecule has 0 amide bonds. The van der Waals surface area contributed by atoms with Gasteiger partial charge in [-0.2, -0.15) is 0 Å². The number of aromatic nitrogens is 1. The van der Waals surface area contributed by atoms with Gasteiger partial charge in [0.05, 0.1) is 14.2 Å². The third-order valence-electron chi connectivity index (χ3n) is 4.64. The standard InChI is InChI=1S/C22H20NO2/c1-23-14-19-13-22(25-3)21(24-2)12-18(19)11-20(23)17-9-8-15-6-4-5-7-16(15)10-17/h4-14H,1-3H3/q+1. The molecule has 0 bridgehead atoms. The maximum Gasteiger partial charge on any atom is 0.212 e. The van der Waals surface area contributed by atoms with Crippen molar-refractivity contribution in [3.63, 3.8) is 0 Å². The van der Waals surface area contributed by atoms with Crippen LogP contribution in [-0.2, 0) is 7.05 Å². The second kappa shape index (κ2) is 6.10. The van der Waals surface area contributed by atoms with Crippen molar-refractivity contribution in [1.29, 1.82) is 0 Å². The van der Waals surface area contributed by atoms with E-state index in [2.05, 4.69) is 66.3 Å². The van der Waals surface area contributed by atoms with Gasteiger partial charge in [-0.05, 0) is 40.4 Å². The lowest BCUT2D eigenvalue weighted by Gasteiger charge is -2.10. The quantitative estimate of drug-likeness (QED) is 0.516. The molecule has 124 valence electrons. The number of hydrogen-bond acceptors (Lipinski definition) is 2. The molecule has 0 radical (unpaired) electrons. The summed E-state index contributed by atoms with van der Waals surface area (Å²) in [6.07, 6.45) is 2.13. The Morgan fingerprint density at radius 1 is 0.680 bits per heavy atom. The molecule has 4 rings (SSSR count). The van der Waals surface area contributed by atoms with Crippen LogP contribution >= 0.6 is 0 Å². The summed E-state index contributed by atoms with van der Waals surface area (Å²) < 4.78 is 13.0. The van der Waals surface area contributed by atoms with E-state index >= 15 is 0 Å². The highest BCUT2D eigenvalue weighted by atomic mass is 16.5. The second-order valence-corrected chi connectivity index (χ2v) is 6.17. The van der Waals surface area contributed by atoms with E-state index in [0.717, 1.165) is 28.0 Å². The van der Waals surface area contributed by atoms with Crippen molar-refractivity contribution in [1.82, 2.24) is 0 Å². The Labute approximate surface area is 147 Å². The maximum absolute atomic E-state index is 5.45. The Morgan fingerprint density at radius 2 is 1.36 bits per heavy atom. The van der Waals surface area contributed by atoms with Crippen LogP contribution in [-0.4, -0.2) is 14.2 Å². The molecule has 3 nitrogen and oxygen atoms in total. The van der Waals surface area contributed by atoms with Crippen LogP contribution in [0.5, 0.6) is 11.5 Å². The predicted octanol–water partition coefficient (Wildman–Crippen LogP) is 4.50. The highest BCUT2D eigenvalue weighted by Gasteiger charge is 2.15. The first-order valence-electron chi connectivity index (χ1n) is 8.24. The average Bonchev–Trinajstić information content (AvgIpc) is 2.66. The monoisotopic (exact) mass is 330 g/mol. The molecule has 0 aliphatic rings. The largest absolute Gasteiger partial charge is 0.493 e. The van der Waals surface area contributed by atoms with Gasteiger partial charge in [-0.1, -0.05) is 30.3 Å². The number of methoxy groups -OCH3 is 2. The lowest BCUT2D eigenvalue weighted by molar-refractivity contribution is -0.659. The molecule has 0 fully saturated rings. The molecule has 1 heterocycles. The zero-order valence-corrected chi connectivity index (χ0v) is 14.6. The van der Waals surface area contributed by atoms with Crippen molar-refractivity contribution in [2.24, 2.45) is 7.05 Å². The fourth-order valence-corrected chi connectivity index (χ4v) is 3.31. The average molecular weight is 330 g/mol.